The molecular weight excluding hydrogens is 344 g/mol. The zero-order valence-corrected chi connectivity index (χ0v) is 17.3. The number of aliphatic hydroxyl groups excluding tert-OH is 1. The Labute approximate surface area is 165 Å². The van der Waals surface area contributed by atoms with Gasteiger partial charge in [0.1, 0.15) is 5.60 Å². The maximum absolute atomic E-state index is 11.8. The van der Waals surface area contributed by atoms with Crippen LogP contribution in [0.2, 0.25) is 0 Å². The van der Waals surface area contributed by atoms with Gasteiger partial charge in [0.15, 0.2) is 0 Å². The minimum atomic E-state index is -0.869. The van der Waals surface area contributed by atoms with Gasteiger partial charge < -0.3 is 14.6 Å². The van der Waals surface area contributed by atoms with Crippen molar-refractivity contribution in [2.75, 3.05) is 13.2 Å². The third kappa shape index (κ3) is 11.4. The third-order valence-corrected chi connectivity index (χ3v) is 5.45. The summed E-state index contributed by atoms with van der Waals surface area (Å²) in [6.07, 6.45) is 16.7. The highest BCUT2D eigenvalue weighted by Crippen LogP contribution is 2.30. The fraction of sp³-hybridized carbons (Fsp3) is 0.909. The molecule has 1 saturated heterocycles. The summed E-state index contributed by atoms with van der Waals surface area (Å²) in [5.41, 5.74) is -0.869. The quantitative estimate of drug-likeness (QED) is 0.280. The van der Waals surface area contributed by atoms with Crippen molar-refractivity contribution in [3.05, 3.63) is 0 Å². The van der Waals surface area contributed by atoms with Crippen LogP contribution in [0, 0.1) is 0 Å². The second-order valence-electron chi connectivity index (χ2n) is 7.92. The monoisotopic (exact) mass is 384 g/mol. The van der Waals surface area contributed by atoms with Crippen LogP contribution in [0.25, 0.3) is 0 Å². The summed E-state index contributed by atoms with van der Waals surface area (Å²) in [4.78, 5) is 23.0. The van der Waals surface area contributed by atoms with Crippen LogP contribution in [0.4, 0.5) is 0 Å². The molecule has 1 rings (SSSR count). The summed E-state index contributed by atoms with van der Waals surface area (Å²) in [6.45, 7) is 2.48. The molecule has 0 radical (unpaired) electrons. The highest BCUT2D eigenvalue weighted by Gasteiger charge is 2.40. The Balaban J connectivity index is 1.88. The summed E-state index contributed by atoms with van der Waals surface area (Å²) in [5, 5.41) is 9.42. The lowest BCUT2D eigenvalue weighted by atomic mass is 9.95. The Morgan fingerprint density at radius 2 is 1.56 bits per heavy atom. The van der Waals surface area contributed by atoms with Crippen LogP contribution in [0.1, 0.15) is 110 Å². The molecule has 1 aliphatic heterocycles. The van der Waals surface area contributed by atoms with Gasteiger partial charge in [-0.2, -0.15) is 0 Å². The average Bonchev–Trinajstić information content (AvgIpc) is 3.05. The second kappa shape index (κ2) is 14.9. The van der Waals surface area contributed by atoms with Crippen LogP contribution in [0.15, 0.2) is 0 Å². The predicted octanol–water partition coefficient (Wildman–Crippen LogP) is 5.08. The summed E-state index contributed by atoms with van der Waals surface area (Å²) in [5.74, 6) is -0.567. The van der Waals surface area contributed by atoms with E-state index in [0.29, 0.717) is 25.9 Å². The molecule has 0 bridgehead atoms. The number of rotatable bonds is 17. The predicted molar refractivity (Wildman–Crippen MR) is 106 cm³/mol. The Morgan fingerprint density at radius 1 is 1.00 bits per heavy atom. The first-order chi connectivity index (χ1) is 13.1. The maximum Gasteiger partial charge on any atom is 0.306 e. The minimum absolute atomic E-state index is 0.187. The molecule has 5 nitrogen and oxygen atoms in total. The molecular formula is C22H40O5. The Hall–Kier alpha value is -1.10. The standard InChI is InChI=1S/C22H40O5/c1-2-3-4-5-6-7-8-9-10-11-12-13-18-26-20(24)14-16-22(19-23)17-15-21(25)27-22/h23H,2-19H2,1H3/t22-/m1/s1. The van der Waals surface area contributed by atoms with Crippen LogP contribution in [0.3, 0.4) is 0 Å². The van der Waals surface area contributed by atoms with E-state index in [9.17, 15) is 14.7 Å². The lowest BCUT2D eigenvalue weighted by molar-refractivity contribution is -0.156. The van der Waals surface area contributed by atoms with E-state index in [0.717, 1.165) is 12.8 Å². The number of carbonyl (C=O) groups is 2. The SMILES string of the molecule is CCCCCCCCCCCCCCOC(=O)CC[C@]1(CO)CCC(=O)O1. The molecule has 0 aromatic carbocycles. The van der Waals surface area contributed by atoms with Crippen molar-refractivity contribution in [3.63, 3.8) is 0 Å². The molecule has 1 aliphatic rings. The van der Waals surface area contributed by atoms with Crippen LogP contribution in [0.5, 0.6) is 0 Å². The summed E-state index contributed by atoms with van der Waals surface area (Å²) < 4.78 is 10.4. The van der Waals surface area contributed by atoms with Gasteiger partial charge in [0.05, 0.1) is 13.2 Å². The third-order valence-electron chi connectivity index (χ3n) is 5.45. The zero-order chi connectivity index (χ0) is 19.8. The van der Waals surface area contributed by atoms with Crippen molar-refractivity contribution < 1.29 is 24.2 Å². The van der Waals surface area contributed by atoms with Gasteiger partial charge in [-0.1, -0.05) is 77.6 Å². The molecule has 1 atom stereocenters. The van der Waals surface area contributed by atoms with Crippen LogP contribution < -0.4 is 0 Å². The van der Waals surface area contributed by atoms with Crippen molar-refractivity contribution in [2.24, 2.45) is 0 Å². The number of hydrogen-bond acceptors (Lipinski definition) is 5. The summed E-state index contributed by atoms with van der Waals surface area (Å²) in [7, 11) is 0. The van der Waals surface area contributed by atoms with E-state index in [1.807, 2.05) is 0 Å². The first-order valence-corrected chi connectivity index (χ1v) is 11.1. The lowest BCUT2D eigenvalue weighted by Gasteiger charge is -2.24. The molecule has 158 valence electrons. The van der Waals surface area contributed by atoms with Gasteiger partial charge in [-0.05, 0) is 19.3 Å². The van der Waals surface area contributed by atoms with E-state index in [4.69, 9.17) is 9.47 Å². The minimum Gasteiger partial charge on any atom is -0.466 e. The van der Waals surface area contributed by atoms with Crippen molar-refractivity contribution in [1.29, 1.82) is 0 Å². The fourth-order valence-electron chi connectivity index (χ4n) is 3.57. The second-order valence-corrected chi connectivity index (χ2v) is 7.92. The van der Waals surface area contributed by atoms with E-state index in [2.05, 4.69) is 6.92 Å². The van der Waals surface area contributed by atoms with E-state index in [1.54, 1.807) is 0 Å². The van der Waals surface area contributed by atoms with Gasteiger partial charge in [-0.3, -0.25) is 9.59 Å². The summed E-state index contributed by atoms with van der Waals surface area (Å²) >= 11 is 0. The number of aliphatic hydroxyl groups is 1. The van der Waals surface area contributed by atoms with Gasteiger partial charge in [0.25, 0.3) is 0 Å². The molecule has 0 aromatic rings. The first kappa shape index (κ1) is 23.9. The Bertz CT molecular complexity index is 410. The van der Waals surface area contributed by atoms with Gasteiger partial charge in [-0.15, -0.1) is 0 Å². The molecule has 5 heteroatoms. The number of cyclic esters (lactones) is 1. The summed E-state index contributed by atoms with van der Waals surface area (Å²) in [6, 6.07) is 0. The van der Waals surface area contributed by atoms with Gasteiger partial charge in [0.2, 0.25) is 0 Å². The number of hydrogen-bond donors (Lipinski definition) is 1. The molecule has 0 unspecified atom stereocenters. The Morgan fingerprint density at radius 3 is 2.04 bits per heavy atom. The first-order valence-electron chi connectivity index (χ1n) is 11.1. The highest BCUT2D eigenvalue weighted by atomic mass is 16.6. The molecule has 1 N–H and O–H groups in total. The van der Waals surface area contributed by atoms with Gasteiger partial charge >= 0.3 is 11.9 Å². The fourth-order valence-corrected chi connectivity index (χ4v) is 3.57. The molecule has 0 aromatic heterocycles. The van der Waals surface area contributed by atoms with Crippen molar-refractivity contribution in [2.45, 2.75) is 115 Å². The number of ether oxygens (including phenoxy) is 2. The molecule has 0 amide bonds. The number of unbranched alkanes of at least 4 members (excludes halogenated alkanes) is 11. The Kier molecular flexibility index (Phi) is 13.2. The van der Waals surface area contributed by atoms with Gasteiger partial charge in [-0.25, -0.2) is 0 Å². The van der Waals surface area contributed by atoms with Gasteiger partial charge in [0, 0.05) is 12.8 Å². The van der Waals surface area contributed by atoms with Crippen LogP contribution >= 0.6 is 0 Å². The molecule has 0 aliphatic carbocycles. The highest BCUT2D eigenvalue weighted by molar-refractivity contribution is 5.73. The number of esters is 2. The van der Waals surface area contributed by atoms with E-state index in [-0.39, 0.29) is 25.0 Å². The molecule has 0 spiro atoms. The van der Waals surface area contributed by atoms with Crippen molar-refractivity contribution in [3.8, 4) is 0 Å². The lowest BCUT2D eigenvalue weighted by Crippen LogP contribution is -2.33. The zero-order valence-electron chi connectivity index (χ0n) is 17.3. The molecule has 27 heavy (non-hydrogen) atoms. The normalized spacial score (nSPS) is 19.3. The van der Waals surface area contributed by atoms with E-state index in [1.165, 1.54) is 64.2 Å². The van der Waals surface area contributed by atoms with E-state index >= 15 is 0 Å². The number of carbonyl (C=O) groups excluding carboxylic acids is 2. The van der Waals surface area contributed by atoms with Crippen LogP contribution in [-0.4, -0.2) is 35.9 Å². The molecule has 1 fully saturated rings. The maximum atomic E-state index is 11.8. The largest absolute Gasteiger partial charge is 0.466 e. The van der Waals surface area contributed by atoms with Crippen molar-refractivity contribution >= 4 is 11.9 Å². The molecule has 0 saturated carbocycles. The molecule has 1 heterocycles. The smallest absolute Gasteiger partial charge is 0.306 e. The van der Waals surface area contributed by atoms with E-state index < -0.39 is 5.60 Å². The topological polar surface area (TPSA) is 72.8 Å². The van der Waals surface area contributed by atoms with Crippen molar-refractivity contribution in [1.82, 2.24) is 0 Å². The van der Waals surface area contributed by atoms with Crippen LogP contribution in [-0.2, 0) is 19.1 Å². The average molecular weight is 385 g/mol.